The molecular formula is C17H38O2P+. The van der Waals surface area contributed by atoms with Gasteiger partial charge in [0.2, 0.25) is 0 Å². The molecule has 0 aromatic carbocycles. The number of hydrogen-bond donors (Lipinski definition) is 2. The van der Waals surface area contributed by atoms with Gasteiger partial charge >= 0.3 is 0 Å². The minimum Gasteiger partial charge on any atom is -0.221 e. The summed E-state index contributed by atoms with van der Waals surface area (Å²) in [5, 5.41) is 0. The molecule has 122 valence electrons. The van der Waals surface area contributed by atoms with E-state index in [0.29, 0.717) is 6.16 Å². The van der Waals surface area contributed by atoms with E-state index in [4.69, 9.17) is 0 Å². The highest BCUT2D eigenvalue weighted by Crippen LogP contribution is 2.45. The van der Waals surface area contributed by atoms with Crippen LogP contribution in [0.3, 0.4) is 0 Å². The van der Waals surface area contributed by atoms with E-state index in [1.54, 1.807) is 6.66 Å². The smallest absolute Gasteiger partial charge is 0.221 e. The zero-order valence-electron chi connectivity index (χ0n) is 13.9. The van der Waals surface area contributed by atoms with Gasteiger partial charge in [0.25, 0.3) is 7.72 Å². The Bertz CT molecular complexity index is 190. The summed E-state index contributed by atoms with van der Waals surface area (Å²) < 4.78 is 0. The molecule has 0 saturated heterocycles. The maximum Gasteiger partial charge on any atom is 0.264 e. The van der Waals surface area contributed by atoms with Gasteiger partial charge in [0.15, 0.2) is 0 Å². The van der Waals surface area contributed by atoms with Gasteiger partial charge in [-0.1, -0.05) is 84.0 Å². The van der Waals surface area contributed by atoms with Crippen LogP contribution in [0.5, 0.6) is 0 Å². The SMILES string of the molecule is CCCCCCCCCCCCCCCC[P+](C)(O)O. The molecule has 0 radical (unpaired) electrons. The van der Waals surface area contributed by atoms with E-state index < -0.39 is 7.72 Å². The molecule has 0 amide bonds. The number of unbranched alkanes of at least 4 members (excludes halogenated alkanes) is 13. The fraction of sp³-hybridized carbons (Fsp3) is 1.00. The lowest BCUT2D eigenvalue weighted by Gasteiger charge is -2.06. The molecule has 3 heteroatoms. The van der Waals surface area contributed by atoms with E-state index in [1.165, 1.54) is 77.0 Å². The Hall–Kier alpha value is 0.350. The van der Waals surface area contributed by atoms with E-state index in [-0.39, 0.29) is 0 Å². The van der Waals surface area contributed by atoms with Crippen LogP contribution in [0.15, 0.2) is 0 Å². The first-order valence-electron chi connectivity index (χ1n) is 8.87. The molecule has 0 aliphatic carbocycles. The molecule has 2 N–H and O–H groups in total. The molecule has 0 aliphatic rings. The molecule has 0 aliphatic heterocycles. The third-order valence-corrected chi connectivity index (χ3v) is 5.10. The lowest BCUT2D eigenvalue weighted by atomic mass is 10.0. The standard InChI is InChI=1S/C17H38O2P/c1-3-4-5-6-7-8-9-10-11-12-13-14-15-16-17-20(2,18)19/h18-19H,3-17H2,1-2H3/q+1. The highest BCUT2D eigenvalue weighted by molar-refractivity contribution is 7.63. The first kappa shape index (κ1) is 20.3. The zero-order chi connectivity index (χ0) is 15.1. The van der Waals surface area contributed by atoms with Gasteiger partial charge in [-0.25, -0.2) is 9.79 Å². The summed E-state index contributed by atoms with van der Waals surface area (Å²) in [6, 6.07) is 0. The van der Waals surface area contributed by atoms with Crippen molar-refractivity contribution in [3.63, 3.8) is 0 Å². The summed E-state index contributed by atoms with van der Waals surface area (Å²) in [5.41, 5.74) is 0. The second kappa shape index (κ2) is 14.3. The van der Waals surface area contributed by atoms with Crippen LogP contribution in [0.4, 0.5) is 0 Å². The van der Waals surface area contributed by atoms with Crippen molar-refractivity contribution in [2.75, 3.05) is 12.8 Å². The van der Waals surface area contributed by atoms with Crippen LogP contribution in [0.25, 0.3) is 0 Å². The monoisotopic (exact) mass is 305 g/mol. The highest BCUT2D eigenvalue weighted by atomic mass is 31.2. The highest BCUT2D eigenvalue weighted by Gasteiger charge is 2.23. The Balaban J connectivity index is 2.99. The molecule has 0 aromatic rings. The van der Waals surface area contributed by atoms with Gasteiger partial charge in [-0.15, -0.1) is 0 Å². The van der Waals surface area contributed by atoms with Gasteiger partial charge in [-0.2, -0.15) is 0 Å². The molecule has 0 heterocycles. The topological polar surface area (TPSA) is 40.5 Å². The predicted molar refractivity (Wildman–Crippen MR) is 92.5 cm³/mol. The molecule has 0 spiro atoms. The predicted octanol–water partition coefficient (Wildman–Crippen LogP) is 5.93. The van der Waals surface area contributed by atoms with Crippen molar-refractivity contribution in [1.82, 2.24) is 0 Å². The number of hydrogen-bond acceptors (Lipinski definition) is 2. The van der Waals surface area contributed by atoms with E-state index in [0.717, 1.165) is 12.8 Å². The summed E-state index contributed by atoms with van der Waals surface area (Å²) >= 11 is 0. The van der Waals surface area contributed by atoms with Gasteiger partial charge < -0.3 is 0 Å². The zero-order valence-corrected chi connectivity index (χ0v) is 14.8. The molecule has 0 rings (SSSR count). The Morgan fingerprint density at radius 2 is 0.850 bits per heavy atom. The fourth-order valence-corrected chi connectivity index (χ4v) is 3.43. The number of rotatable bonds is 15. The van der Waals surface area contributed by atoms with E-state index in [1.807, 2.05) is 0 Å². The minimum absolute atomic E-state index is 0.616. The van der Waals surface area contributed by atoms with Crippen LogP contribution in [0, 0.1) is 0 Å². The van der Waals surface area contributed by atoms with Gasteiger partial charge in [-0.05, 0) is 12.8 Å². The molecule has 0 saturated carbocycles. The summed E-state index contributed by atoms with van der Waals surface area (Å²) in [7, 11) is -2.50. The maximum absolute atomic E-state index is 9.28. The average molecular weight is 305 g/mol. The maximum atomic E-state index is 9.28. The lowest BCUT2D eigenvalue weighted by Crippen LogP contribution is -1.94. The largest absolute Gasteiger partial charge is 0.264 e. The van der Waals surface area contributed by atoms with Crippen molar-refractivity contribution in [2.24, 2.45) is 0 Å². The van der Waals surface area contributed by atoms with Crippen LogP contribution in [0.2, 0.25) is 0 Å². The fourth-order valence-electron chi connectivity index (χ4n) is 2.61. The van der Waals surface area contributed by atoms with Crippen LogP contribution >= 0.6 is 7.72 Å². The van der Waals surface area contributed by atoms with Crippen molar-refractivity contribution < 1.29 is 9.79 Å². The third-order valence-electron chi connectivity index (χ3n) is 3.94. The van der Waals surface area contributed by atoms with Crippen LogP contribution < -0.4 is 0 Å². The lowest BCUT2D eigenvalue weighted by molar-refractivity contribution is 0.453. The molecule has 2 nitrogen and oxygen atoms in total. The second-order valence-corrected chi connectivity index (χ2v) is 9.03. The summed E-state index contributed by atoms with van der Waals surface area (Å²) in [6.07, 6.45) is 19.4. The molecular weight excluding hydrogens is 267 g/mol. The normalized spacial score (nSPS) is 12.0. The van der Waals surface area contributed by atoms with Crippen LogP contribution in [-0.4, -0.2) is 22.6 Å². The molecule has 0 fully saturated rings. The van der Waals surface area contributed by atoms with Crippen LogP contribution in [0.1, 0.15) is 96.8 Å². The minimum atomic E-state index is -2.50. The Labute approximate surface area is 127 Å². The van der Waals surface area contributed by atoms with E-state index in [9.17, 15) is 9.79 Å². The first-order chi connectivity index (χ1) is 9.56. The van der Waals surface area contributed by atoms with Crippen molar-refractivity contribution in [2.45, 2.75) is 96.8 Å². The molecule has 0 unspecified atom stereocenters. The van der Waals surface area contributed by atoms with Gasteiger partial charge in [-0.3, -0.25) is 0 Å². The third kappa shape index (κ3) is 18.4. The van der Waals surface area contributed by atoms with Gasteiger partial charge in [0.1, 0.15) is 12.8 Å². The van der Waals surface area contributed by atoms with Crippen molar-refractivity contribution in [3.05, 3.63) is 0 Å². The van der Waals surface area contributed by atoms with E-state index in [2.05, 4.69) is 6.92 Å². The summed E-state index contributed by atoms with van der Waals surface area (Å²) in [6.45, 7) is 3.85. The van der Waals surface area contributed by atoms with Crippen molar-refractivity contribution in [1.29, 1.82) is 0 Å². The van der Waals surface area contributed by atoms with Crippen molar-refractivity contribution >= 4 is 7.72 Å². The first-order valence-corrected chi connectivity index (χ1v) is 11.2. The molecule has 20 heavy (non-hydrogen) atoms. The van der Waals surface area contributed by atoms with Gasteiger partial charge in [0, 0.05) is 0 Å². The molecule has 0 aromatic heterocycles. The Kier molecular flexibility index (Phi) is 14.5. The molecule has 0 bridgehead atoms. The van der Waals surface area contributed by atoms with E-state index >= 15 is 0 Å². The van der Waals surface area contributed by atoms with Crippen LogP contribution in [-0.2, 0) is 0 Å². The van der Waals surface area contributed by atoms with Crippen molar-refractivity contribution in [3.8, 4) is 0 Å². The Morgan fingerprint density at radius 1 is 0.550 bits per heavy atom. The second-order valence-electron chi connectivity index (χ2n) is 6.41. The van der Waals surface area contributed by atoms with Gasteiger partial charge in [0.05, 0.1) is 0 Å². The summed E-state index contributed by atoms with van der Waals surface area (Å²) in [4.78, 5) is 18.6. The summed E-state index contributed by atoms with van der Waals surface area (Å²) in [5.74, 6) is 0. The average Bonchev–Trinajstić information content (AvgIpc) is 2.38. The Morgan fingerprint density at radius 3 is 1.15 bits per heavy atom. The molecule has 0 atom stereocenters. The quantitative estimate of drug-likeness (QED) is 0.291.